The summed E-state index contributed by atoms with van der Waals surface area (Å²) >= 11 is 5.40. The Balaban J connectivity index is 1.79. The molecule has 0 spiro atoms. The second-order valence-electron chi connectivity index (χ2n) is 4.89. The van der Waals surface area contributed by atoms with Gasteiger partial charge in [-0.25, -0.2) is 4.79 Å². The molecule has 3 rings (SSSR count). The van der Waals surface area contributed by atoms with Crippen LogP contribution in [0.25, 0.3) is 10.8 Å². The summed E-state index contributed by atoms with van der Waals surface area (Å²) in [7, 11) is 0. The van der Waals surface area contributed by atoms with E-state index in [-0.39, 0.29) is 6.03 Å². The third-order valence-corrected chi connectivity index (χ3v) is 3.87. The highest BCUT2D eigenvalue weighted by atomic mass is 32.1. The van der Waals surface area contributed by atoms with Crippen LogP contribution < -0.4 is 5.32 Å². The number of carbonyl (C=O) groups is 1. The number of morpholine rings is 1. The van der Waals surface area contributed by atoms with Crippen LogP contribution in [-0.2, 0) is 4.74 Å². The van der Waals surface area contributed by atoms with E-state index < -0.39 is 0 Å². The highest BCUT2D eigenvalue weighted by molar-refractivity contribution is 7.80. The standard InChI is InChI=1S/C16H16N2O2S/c19-16(18-8-10-20-11-9-18)17-15(21)14-7-3-5-12-4-1-2-6-13(12)14/h1-7H,8-11H2,(H,17,19,21). The molecule has 2 amide bonds. The van der Waals surface area contributed by atoms with E-state index in [9.17, 15) is 4.79 Å². The molecule has 2 aromatic carbocycles. The van der Waals surface area contributed by atoms with Crippen molar-refractivity contribution in [2.45, 2.75) is 0 Å². The van der Waals surface area contributed by atoms with Gasteiger partial charge in [0.2, 0.25) is 0 Å². The molecule has 0 aliphatic carbocycles. The van der Waals surface area contributed by atoms with Crippen LogP contribution >= 0.6 is 12.2 Å². The van der Waals surface area contributed by atoms with Crippen molar-refractivity contribution in [1.29, 1.82) is 0 Å². The topological polar surface area (TPSA) is 41.6 Å². The zero-order valence-corrected chi connectivity index (χ0v) is 12.4. The van der Waals surface area contributed by atoms with Gasteiger partial charge in [0.05, 0.1) is 13.2 Å². The molecule has 0 bridgehead atoms. The Morgan fingerprint density at radius 3 is 2.62 bits per heavy atom. The minimum absolute atomic E-state index is 0.156. The maximum Gasteiger partial charge on any atom is 0.322 e. The van der Waals surface area contributed by atoms with Crippen LogP contribution in [0.4, 0.5) is 4.79 Å². The average molecular weight is 300 g/mol. The molecule has 4 nitrogen and oxygen atoms in total. The van der Waals surface area contributed by atoms with Crippen LogP contribution in [0.1, 0.15) is 5.56 Å². The number of rotatable bonds is 1. The lowest BCUT2D eigenvalue weighted by Gasteiger charge is -2.27. The van der Waals surface area contributed by atoms with Gasteiger partial charge in [-0.15, -0.1) is 0 Å². The summed E-state index contributed by atoms with van der Waals surface area (Å²) < 4.78 is 5.24. The minimum atomic E-state index is -0.156. The van der Waals surface area contributed by atoms with Crippen molar-refractivity contribution in [3.05, 3.63) is 48.0 Å². The van der Waals surface area contributed by atoms with Gasteiger partial charge in [0.25, 0.3) is 0 Å². The minimum Gasteiger partial charge on any atom is -0.378 e. The average Bonchev–Trinajstić information content (AvgIpc) is 2.55. The van der Waals surface area contributed by atoms with E-state index in [1.165, 1.54) is 0 Å². The molecule has 21 heavy (non-hydrogen) atoms. The number of hydrogen-bond donors (Lipinski definition) is 1. The zero-order chi connectivity index (χ0) is 14.7. The Hall–Kier alpha value is -1.98. The van der Waals surface area contributed by atoms with Crippen LogP contribution in [0.3, 0.4) is 0 Å². The van der Waals surface area contributed by atoms with Gasteiger partial charge in [0, 0.05) is 18.7 Å². The molecular weight excluding hydrogens is 284 g/mol. The first-order valence-corrected chi connectivity index (χ1v) is 7.32. The number of fused-ring (bicyclic) bond motifs is 1. The maximum atomic E-state index is 12.2. The Morgan fingerprint density at radius 2 is 1.81 bits per heavy atom. The van der Waals surface area contributed by atoms with E-state index in [4.69, 9.17) is 17.0 Å². The van der Waals surface area contributed by atoms with Crippen LogP contribution in [0, 0.1) is 0 Å². The number of amides is 2. The fourth-order valence-electron chi connectivity index (χ4n) is 2.43. The van der Waals surface area contributed by atoms with Crippen molar-refractivity contribution in [1.82, 2.24) is 10.2 Å². The third-order valence-electron chi connectivity index (χ3n) is 3.55. The smallest absolute Gasteiger partial charge is 0.322 e. The molecule has 2 aromatic rings. The Labute approximate surface area is 128 Å². The highest BCUT2D eigenvalue weighted by Crippen LogP contribution is 2.18. The van der Waals surface area contributed by atoms with Crippen molar-refractivity contribution < 1.29 is 9.53 Å². The summed E-state index contributed by atoms with van der Waals surface area (Å²) in [6, 6.07) is 13.8. The lowest BCUT2D eigenvalue weighted by molar-refractivity contribution is 0.0543. The predicted octanol–water partition coefficient (Wildman–Crippen LogP) is 2.56. The SMILES string of the molecule is O=C(NC(=S)c1cccc2ccccc12)N1CCOCC1. The number of urea groups is 1. The summed E-state index contributed by atoms with van der Waals surface area (Å²) in [5.74, 6) is 0. The number of thiocarbonyl (C=S) groups is 1. The van der Waals surface area contributed by atoms with Gasteiger partial charge in [-0.1, -0.05) is 54.7 Å². The number of carbonyl (C=O) groups excluding carboxylic acids is 1. The Morgan fingerprint density at radius 1 is 1.10 bits per heavy atom. The number of nitrogens with one attached hydrogen (secondary N) is 1. The second kappa shape index (κ2) is 6.20. The van der Waals surface area contributed by atoms with E-state index in [1.54, 1.807) is 4.90 Å². The molecule has 0 atom stereocenters. The molecule has 1 saturated heterocycles. The highest BCUT2D eigenvalue weighted by Gasteiger charge is 2.18. The molecule has 108 valence electrons. The fourth-order valence-corrected chi connectivity index (χ4v) is 2.70. The Bertz CT molecular complexity index is 676. The first-order valence-electron chi connectivity index (χ1n) is 6.91. The lowest BCUT2D eigenvalue weighted by atomic mass is 10.0. The fraction of sp³-hybridized carbons (Fsp3) is 0.250. The quantitative estimate of drug-likeness (QED) is 0.823. The van der Waals surface area contributed by atoms with Crippen molar-refractivity contribution >= 4 is 34.0 Å². The van der Waals surface area contributed by atoms with Gasteiger partial charge in [-0.05, 0) is 10.8 Å². The largest absolute Gasteiger partial charge is 0.378 e. The number of ether oxygens (including phenoxy) is 1. The van der Waals surface area contributed by atoms with E-state index in [1.807, 2.05) is 42.5 Å². The van der Waals surface area contributed by atoms with Crippen molar-refractivity contribution in [3.63, 3.8) is 0 Å². The van der Waals surface area contributed by atoms with Crippen LogP contribution in [0.15, 0.2) is 42.5 Å². The Kier molecular flexibility index (Phi) is 4.13. The van der Waals surface area contributed by atoms with Crippen molar-refractivity contribution in [3.8, 4) is 0 Å². The number of hydrogen-bond acceptors (Lipinski definition) is 3. The summed E-state index contributed by atoms with van der Waals surface area (Å²) in [4.78, 5) is 14.4. The van der Waals surface area contributed by atoms with E-state index >= 15 is 0 Å². The van der Waals surface area contributed by atoms with Crippen molar-refractivity contribution in [2.75, 3.05) is 26.3 Å². The van der Waals surface area contributed by atoms with Gasteiger partial charge in [-0.2, -0.15) is 0 Å². The molecule has 1 heterocycles. The first kappa shape index (κ1) is 14.0. The molecule has 0 aromatic heterocycles. The van der Waals surface area contributed by atoms with Crippen LogP contribution in [0.5, 0.6) is 0 Å². The monoisotopic (exact) mass is 300 g/mol. The predicted molar refractivity (Wildman–Crippen MR) is 86.6 cm³/mol. The first-order chi connectivity index (χ1) is 10.3. The molecule has 1 N–H and O–H groups in total. The number of nitrogens with zero attached hydrogens (tertiary/aromatic N) is 1. The van der Waals surface area contributed by atoms with Gasteiger partial charge in [0.15, 0.2) is 0 Å². The molecule has 0 unspecified atom stereocenters. The molecule has 1 aliphatic heterocycles. The second-order valence-corrected chi connectivity index (χ2v) is 5.29. The van der Waals surface area contributed by atoms with E-state index in [0.717, 1.165) is 16.3 Å². The molecule has 1 aliphatic rings. The maximum absolute atomic E-state index is 12.2. The molecule has 0 saturated carbocycles. The summed E-state index contributed by atoms with van der Waals surface area (Å²) in [6.45, 7) is 2.36. The lowest BCUT2D eigenvalue weighted by Crippen LogP contribution is -2.47. The molecular formula is C16H16N2O2S. The van der Waals surface area contributed by atoms with Gasteiger partial charge in [0.1, 0.15) is 4.99 Å². The van der Waals surface area contributed by atoms with E-state index in [0.29, 0.717) is 31.3 Å². The van der Waals surface area contributed by atoms with Gasteiger partial charge in [-0.3, -0.25) is 5.32 Å². The third kappa shape index (κ3) is 3.04. The van der Waals surface area contributed by atoms with Gasteiger partial charge < -0.3 is 9.64 Å². The van der Waals surface area contributed by atoms with Crippen molar-refractivity contribution in [2.24, 2.45) is 0 Å². The van der Waals surface area contributed by atoms with Crippen LogP contribution in [0.2, 0.25) is 0 Å². The number of benzene rings is 2. The zero-order valence-electron chi connectivity index (χ0n) is 11.5. The van der Waals surface area contributed by atoms with Crippen LogP contribution in [-0.4, -0.2) is 42.2 Å². The summed E-state index contributed by atoms with van der Waals surface area (Å²) in [5.41, 5.74) is 0.879. The summed E-state index contributed by atoms with van der Waals surface area (Å²) in [5, 5.41) is 4.98. The normalized spacial score (nSPS) is 15.0. The molecule has 5 heteroatoms. The molecule has 1 fully saturated rings. The molecule has 0 radical (unpaired) electrons. The summed E-state index contributed by atoms with van der Waals surface area (Å²) in [6.07, 6.45) is 0. The van der Waals surface area contributed by atoms with E-state index in [2.05, 4.69) is 5.32 Å². The van der Waals surface area contributed by atoms with Gasteiger partial charge >= 0.3 is 6.03 Å².